The van der Waals surface area contributed by atoms with Gasteiger partial charge in [-0.05, 0) is 37.8 Å². The number of halogens is 3. The van der Waals surface area contributed by atoms with Gasteiger partial charge >= 0.3 is 0 Å². The molecule has 3 nitrogen and oxygen atoms in total. The number of rotatable bonds is 2. The fraction of sp³-hybridized carbons (Fsp3) is 0.500. The maximum absolute atomic E-state index is 12.5. The molecule has 0 saturated heterocycles. The van der Waals surface area contributed by atoms with Crippen LogP contribution >= 0.6 is 34.8 Å². The number of hydrogen-bond donors (Lipinski definition) is 1. The van der Waals surface area contributed by atoms with Crippen LogP contribution in [0.2, 0.25) is 15.1 Å². The standard InChI is InChI=1S/C16H16Cl3NO2/c17-11-6-13(19)14(7-12(11)18)20-16(22)10-4-8-2-1-3-9(5-10)15(8)21/h6-10H,1-5H2,(H,20,22)/t8-,9-/m1/s1. The Morgan fingerprint density at radius 2 is 1.59 bits per heavy atom. The Morgan fingerprint density at radius 3 is 2.23 bits per heavy atom. The zero-order valence-electron chi connectivity index (χ0n) is 11.9. The molecular formula is C16H16Cl3NO2. The first-order valence-electron chi connectivity index (χ1n) is 7.45. The number of ketones is 1. The lowest BCUT2D eigenvalue weighted by Gasteiger charge is -2.37. The van der Waals surface area contributed by atoms with Gasteiger partial charge in [0.05, 0.1) is 20.8 Å². The van der Waals surface area contributed by atoms with Crippen LogP contribution in [0.3, 0.4) is 0 Å². The van der Waals surface area contributed by atoms with E-state index in [0.29, 0.717) is 39.4 Å². The molecule has 1 aromatic carbocycles. The largest absolute Gasteiger partial charge is 0.324 e. The molecule has 2 aliphatic rings. The van der Waals surface area contributed by atoms with E-state index in [4.69, 9.17) is 34.8 Å². The molecule has 2 atom stereocenters. The molecule has 2 aliphatic carbocycles. The van der Waals surface area contributed by atoms with E-state index in [1.54, 1.807) is 6.07 Å². The Kier molecular flexibility index (Phi) is 4.67. The molecule has 0 aliphatic heterocycles. The molecule has 0 aromatic heterocycles. The lowest BCUT2D eigenvalue weighted by molar-refractivity contribution is -0.136. The molecule has 2 bridgehead atoms. The van der Waals surface area contributed by atoms with E-state index >= 15 is 0 Å². The number of carbonyl (C=O) groups excluding carboxylic acids is 2. The van der Waals surface area contributed by atoms with Crippen molar-refractivity contribution in [1.82, 2.24) is 0 Å². The summed E-state index contributed by atoms with van der Waals surface area (Å²) in [6, 6.07) is 3.07. The summed E-state index contributed by atoms with van der Waals surface area (Å²) in [4.78, 5) is 24.6. The zero-order chi connectivity index (χ0) is 15.9. The number of fused-ring (bicyclic) bond motifs is 2. The average molecular weight is 361 g/mol. The monoisotopic (exact) mass is 359 g/mol. The Hall–Kier alpha value is -0.770. The second-order valence-electron chi connectivity index (χ2n) is 6.13. The Morgan fingerprint density at radius 1 is 1.00 bits per heavy atom. The van der Waals surface area contributed by atoms with Gasteiger partial charge in [-0.3, -0.25) is 9.59 Å². The maximum Gasteiger partial charge on any atom is 0.227 e. The number of hydrogen-bond acceptors (Lipinski definition) is 2. The van der Waals surface area contributed by atoms with Crippen LogP contribution in [0.15, 0.2) is 12.1 Å². The molecule has 0 unspecified atom stereocenters. The Labute approximate surface area is 144 Å². The third kappa shape index (κ3) is 3.12. The fourth-order valence-corrected chi connectivity index (χ4v) is 4.14. The summed E-state index contributed by atoms with van der Waals surface area (Å²) in [7, 11) is 0. The quantitative estimate of drug-likeness (QED) is 0.756. The van der Waals surface area contributed by atoms with E-state index in [2.05, 4.69) is 5.32 Å². The van der Waals surface area contributed by atoms with Crippen molar-refractivity contribution < 1.29 is 9.59 Å². The molecule has 6 heteroatoms. The number of nitrogens with one attached hydrogen (secondary N) is 1. The van der Waals surface area contributed by atoms with Crippen molar-refractivity contribution in [3.05, 3.63) is 27.2 Å². The third-order valence-corrected chi connectivity index (χ3v) is 5.72. The summed E-state index contributed by atoms with van der Waals surface area (Å²) in [5, 5.41) is 3.88. The highest BCUT2D eigenvalue weighted by Crippen LogP contribution is 2.41. The summed E-state index contributed by atoms with van der Waals surface area (Å²) in [5.74, 6) is 0.214. The smallest absolute Gasteiger partial charge is 0.227 e. The van der Waals surface area contributed by atoms with Gasteiger partial charge in [-0.2, -0.15) is 0 Å². The number of Topliss-reactive ketones (excluding diaryl/α,β-unsaturated/α-hetero) is 1. The lowest BCUT2D eigenvalue weighted by Crippen LogP contribution is -2.40. The van der Waals surface area contributed by atoms with Crippen molar-refractivity contribution in [2.45, 2.75) is 32.1 Å². The third-order valence-electron chi connectivity index (χ3n) is 4.69. The molecular weight excluding hydrogens is 345 g/mol. The fourth-order valence-electron chi connectivity index (χ4n) is 3.55. The van der Waals surface area contributed by atoms with Gasteiger partial charge in [-0.15, -0.1) is 0 Å². The van der Waals surface area contributed by atoms with E-state index in [1.165, 1.54) is 6.07 Å². The van der Waals surface area contributed by atoms with E-state index < -0.39 is 0 Å². The van der Waals surface area contributed by atoms with Crippen LogP contribution in [0, 0.1) is 17.8 Å². The van der Waals surface area contributed by atoms with Crippen molar-refractivity contribution in [1.29, 1.82) is 0 Å². The second kappa shape index (κ2) is 6.38. The van der Waals surface area contributed by atoms with Crippen molar-refractivity contribution in [2.75, 3.05) is 5.32 Å². The highest BCUT2D eigenvalue weighted by Gasteiger charge is 2.41. The van der Waals surface area contributed by atoms with Crippen LogP contribution in [0.1, 0.15) is 32.1 Å². The van der Waals surface area contributed by atoms with Gasteiger partial charge in [0, 0.05) is 17.8 Å². The number of anilines is 1. The maximum atomic E-state index is 12.5. The normalized spacial score (nSPS) is 27.6. The lowest BCUT2D eigenvalue weighted by atomic mass is 9.67. The molecule has 1 N–H and O–H groups in total. The van der Waals surface area contributed by atoms with E-state index in [0.717, 1.165) is 19.3 Å². The SMILES string of the molecule is O=C(Nc1cc(Cl)c(Cl)cc1Cl)C1C[C@H]2CCC[C@H](C1)C2=O. The van der Waals surface area contributed by atoms with Crippen LogP contribution < -0.4 is 5.32 Å². The van der Waals surface area contributed by atoms with Crippen molar-refractivity contribution in [2.24, 2.45) is 17.8 Å². The first kappa shape index (κ1) is 16.1. The second-order valence-corrected chi connectivity index (χ2v) is 7.35. The Balaban J connectivity index is 1.73. The van der Waals surface area contributed by atoms with Crippen molar-refractivity contribution in [3.8, 4) is 0 Å². The molecule has 3 rings (SSSR count). The highest BCUT2D eigenvalue weighted by molar-refractivity contribution is 6.44. The van der Waals surface area contributed by atoms with Crippen molar-refractivity contribution >= 4 is 52.2 Å². The van der Waals surface area contributed by atoms with Gasteiger partial charge in [0.2, 0.25) is 5.91 Å². The first-order valence-corrected chi connectivity index (χ1v) is 8.58. The molecule has 2 fully saturated rings. The van der Waals surface area contributed by atoms with Gasteiger partial charge < -0.3 is 5.32 Å². The summed E-state index contributed by atoms with van der Waals surface area (Å²) in [5.41, 5.74) is 0.461. The predicted octanol–water partition coefficient (Wildman–Crippen LogP) is 4.98. The van der Waals surface area contributed by atoms with Gasteiger partial charge in [-0.1, -0.05) is 41.2 Å². The number of benzene rings is 1. The average Bonchev–Trinajstić information content (AvgIpc) is 2.44. The van der Waals surface area contributed by atoms with E-state index in [9.17, 15) is 9.59 Å². The minimum absolute atomic E-state index is 0.0486. The molecule has 1 amide bonds. The minimum Gasteiger partial charge on any atom is -0.324 e. The highest BCUT2D eigenvalue weighted by atomic mass is 35.5. The van der Waals surface area contributed by atoms with Crippen LogP contribution in [0.4, 0.5) is 5.69 Å². The summed E-state index contributed by atoms with van der Waals surface area (Å²) in [6.45, 7) is 0. The van der Waals surface area contributed by atoms with Crippen LogP contribution in [-0.2, 0) is 9.59 Å². The number of amides is 1. The number of carbonyl (C=O) groups is 2. The first-order chi connectivity index (χ1) is 10.5. The van der Waals surface area contributed by atoms with Gasteiger partial charge in [0.1, 0.15) is 5.78 Å². The minimum atomic E-state index is -0.140. The van der Waals surface area contributed by atoms with Crippen LogP contribution in [-0.4, -0.2) is 11.7 Å². The van der Waals surface area contributed by atoms with Crippen molar-refractivity contribution in [3.63, 3.8) is 0 Å². The molecule has 2 saturated carbocycles. The summed E-state index contributed by atoms with van der Waals surface area (Å²) < 4.78 is 0. The van der Waals surface area contributed by atoms with Crippen LogP contribution in [0.25, 0.3) is 0 Å². The van der Waals surface area contributed by atoms with E-state index in [1.807, 2.05) is 0 Å². The molecule has 118 valence electrons. The van der Waals surface area contributed by atoms with E-state index in [-0.39, 0.29) is 23.7 Å². The molecule has 22 heavy (non-hydrogen) atoms. The molecule has 0 spiro atoms. The zero-order valence-corrected chi connectivity index (χ0v) is 14.1. The molecule has 1 aromatic rings. The van der Waals surface area contributed by atoms with Crippen LogP contribution in [0.5, 0.6) is 0 Å². The molecule has 0 radical (unpaired) electrons. The van der Waals surface area contributed by atoms with Gasteiger partial charge in [0.25, 0.3) is 0 Å². The van der Waals surface area contributed by atoms with Gasteiger partial charge in [-0.25, -0.2) is 0 Å². The van der Waals surface area contributed by atoms with Gasteiger partial charge in [0.15, 0.2) is 0 Å². The predicted molar refractivity (Wildman–Crippen MR) is 88.7 cm³/mol. The topological polar surface area (TPSA) is 46.2 Å². The summed E-state index contributed by atoms with van der Waals surface area (Å²) >= 11 is 17.9. The Bertz CT molecular complexity index is 616. The summed E-state index contributed by atoms with van der Waals surface area (Å²) in [6.07, 6.45) is 4.19. The molecule has 0 heterocycles.